The Kier molecular flexibility index (Phi) is 3.29. The van der Waals surface area contributed by atoms with E-state index in [-0.39, 0.29) is 12.0 Å². The van der Waals surface area contributed by atoms with Crippen molar-refractivity contribution in [3.8, 4) is 0 Å². The highest BCUT2D eigenvalue weighted by atomic mass is 16.5. The van der Waals surface area contributed by atoms with Gasteiger partial charge in [-0.05, 0) is 19.4 Å². The SMILES string of the molecule is CCn1nc(CC2(CO)CCOC2)c2ccccc21. The highest BCUT2D eigenvalue weighted by Gasteiger charge is 2.35. The van der Waals surface area contributed by atoms with E-state index in [0.717, 1.165) is 31.7 Å². The molecule has 2 heterocycles. The summed E-state index contributed by atoms with van der Waals surface area (Å²) in [6.07, 6.45) is 1.70. The van der Waals surface area contributed by atoms with Crippen LogP contribution in [-0.2, 0) is 17.7 Å². The molecule has 1 fully saturated rings. The third kappa shape index (κ3) is 2.15. The molecule has 1 aliphatic rings. The Labute approximate surface area is 113 Å². The predicted octanol–water partition coefficient (Wildman–Crippen LogP) is 2.00. The van der Waals surface area contributed by atoms with Crippen LogP contribution in [0.5, 0.6) is 0 Å². The summed E-state index contributed by atoms with van der Waals surface area (Å²) in [4.78, 5) is 0. The van der Waals surface area contributed by atoms with Crippen molar-refractivity contribution in [3.63, 3.8) is 0 Å². The van der Waals surface area contributed by atoms with Crippen molar-refractivity contribution in [2.24, 2.45) is 5.41 Å². The van der Waals surface area contributed by atoms with Crippen LogP contribution in [0.4, 0.5) is 0 Å². The molecule has 0 radical (unpaired) electrons. The van der Waals surface area contributed by atoms with Gasteiger partial charge in [0, 0.05) is 30.4 Å². The van der Waals surface area contributed by atoms with E-state index in [0.29, 0.717) is 6.61 Å². The molecule has 102 valence electrons. The quantitative estimate of drug-likeness (QED) is 0.914. The van der Waals surface area contributed by atoms with E-state index in [9.17, 15) is 5.11 Å². The number of aliphatic hydroxyl groups is 1. The number of hydrogen-bond donors (Lipinski definition) is 1. The molecular formula is C15H20N2O2. The Morgan fingerprint density at radius 1 is 1.42 bits per heavy atom. The molecule has 4 nitrogen and oxygen atoms in total. The molecule has 1 atom stereocenters. The average molecular weight is 260 g/mol. The molecule has 2 aromatic rings. The summed E-state index contributed by atoms with van der Waals surface area (Å²) in [5, 5.41) is 15.6. The molecule has 1 aliphatic heterocycles. The molecule has 0 bridgehead atoms. The first kappa shape index (κ1) is 12.6. The Hall–Kier alpha value is -1.39. The Morgan fingerprint density at radius 2 is 2.26 bits per heavy atom. The number of hydrogen-bond acceptors (Lipinski definition) is 3. The van der Waals surface area contributed by atoms with E-state index in [2.05, 4.69) is 19.1 Å². The van der Waals surface area contributed by atoms with Crippen molar-refractivity contribution < 1.29 is 9.84 Å². The highest BCUT2D eigenvalue weighted by Crippen LogP contribution is 2.33. The lowest BCUT2D eigenvalue weighted by Crippen LogP contribution is -2.28. The van der Waals surface area contributed by atoms with E-state index in [1.807, 2.05) is 16.8 Å². The molecule has 0 spiro atoms. The summed E-state index contributed by atoms with van der Waals surface area (Å²) >= 11 is 0. The van der Waals surface area contributed by atoms with E-state index in [4.69, 9.17) is 9.84 Å². The summed E-state index contributed by atoms with van der Waals surface area (Å²) < 4.78 is 7.51. The van der Waals surface area contributed by atoms with Crippen molar-refractivity contribution >= 4 is 10.9 Å². The van der Waals surface area contributed by atoms with E-state index in [1.54, 1.807) is 0 Å². The van der Waals surface area contributed by atoms with Crippen LogP contribution in [0.25, 0.3) is 10.9 Å². The molecule has 1 unspecified atom stereocenters. The second kappa shape index (κ2) is 4.94. The van der Waals surface area contributed by atoms with E-state index < -0.39 is 0 Å². The summed E-state index contributed by atoms with van der Waals surface area (Å²) in [6, 6.07) is 8.31. The van der Waals surface area contributed by atoms with Gasteiger partial charge >= 0.3 is 0 Å². The summed E-state index contributed by atoms with van der Waals surface area (Å²) in [5.41, 5.74) is 2.11. The maximum atomic E-state index is 9.70. The molecule has 3 rings (SSSR count). The second-order valence-corrected chi connectivity index (χ2v) is 5.42. The fraction of sp³-hybridized carbons (Fsp3) is 0.533. The molecule has 1 N–H and O–H groups in total. The van der Waals surface area contributed by atoms with Gasteiger partial charge in [-0.1, -0.05) is 18.2 Å². The fourth-order valence-corrected chi connectivity index (χ4v) is 2.89. The molecule has 0 saturated carbocycles. The first-order chi connectivity index (χ1) is 9.28. The van der Waals surface area contributed by atoms with Crippen LogP contribution < -0.4 is 0 Å². The first-order valence-corrected chi connectivity index (χ1v) is 6.91. The number of para-hydroxylation sites is 1. The van der Waals surface area contributed by atoms with Gasteiger partial charge in [0.05, 0.1) is 24.4 Å². The van der Waals surface area contributed by atoms with Gasteiger partial charge in [-0.3, -0.25) is 4.68 Å². The van der Waals surface area contributed by atoms with Crippen molar-refractivity contribution in [1.82, 2.24) is 9.78 Å². The number of nitrogens with zero attached hydrogens (tertiary/aromatic N) is 2. The highest BCUT2D eigenvalue weighted by molar-refractivity contribution is 5.82. The van der Waals surface area contributed by atoms with Gasteiger partial charge in [-0.25, -0.2) is 0 Å². The minimum absolute atomic E-state index is 0.143. The zero-order valence-electron chi connectivity index (χ0n) is 11.3. The molecule has 1 saturated heterocycles. The maximum absolute atomic E-state index is 9.70. The van der Waals surface area contributed by atoms with Crippen LogP contribution in [0.2, 0.25) is 0 Å². The lowest BCUT2D eigenvalue weighted by atomic mass is 9.83. The lowest BCUT2D eigenvalue weighted by molar-refractivity contribution is 0.0929. The molecule has 1 aromatic heterocycles. The topological polar surface area (TPSA) is 47.3 Å². The smallest absolute Gasteiger partial charge is 0.0710 e. The first-order valence-electron chi connectivity index (χ1n) is 6.91. The van der Waals surface area contributed by atoms with Gasteiger partial charge in [-0.15, -0.1) is 0 Å². The summed E-state index contributed by atoms with van der Waals surface area (Å²) in [5.74, 6) is 0. The number of fused-ring (bicyclic) bond motifs is 1. The van der Waals surface area contributed by atoms with Crippen molar-refractivity contribution in [2.75, 3.05) is 19.8 Å². The van der Waals surface area contributed by atoms with Crippen molar-refractivity contribution in [1.29, 1.82) is 0 Å². The number of benzene rings is 1. The number of aliphatic hydroxyl groups excluding tert-OH is 1. The Balaban J connectivity index is 2.01. The standard InChI is InChI=1S/C15H20N2O2/c1-2-17-14-6-4-3-5-12(14)13(16-17)9-15(10-18)7-8-19-11-15/h3-6,18H,2,7-11H2,1H3. The molecular weight excluding hydrogens is 240 g/mol. The molecule has 0 amide bonds. The number of ether oxygens (including phenoxy) is 1. The number of rotatable bonds is 4. The Bertz CT molecular complexity index is 571. The van der Waals surface area contributed by atoms with Gasteiger partial charge in [-0.2, -0.15) is 5.10 Å². The summed E-state index contributed by atoms with van der Waals surface area (Å²) in [7, 11) is 0. The predicted molar refractivity (Wildman–Crippen MR) is 74.1 cm³/mol. The van der Waals surface area contributed by atoms with Gasteiger partial charge < -0.3 is 9.84 Å². The maximum Gasteiger partial charge on any atom is 0.0710 e. The van der Waals surface area contributed by atoms with Crippen molar-refractivity contribution in [2.45, 2.75) is 26.3 Å². The number of aryl methyl sites for hydroxylation is 1. The van der Waals surface area contributed by atoms with Crippen LogP contribution >= 0.6 is 0 Å². The number of aromatic nitrogens is 2. The molecule has 4 heteroatoms. The van der Waals surface area contributed by atoms with Crippen molar-refractivity contribution in [3.05, 3.63) is 30.0 Å². The van der Waals surface area contributed by atoms with E-state index in [1.165, 1.54) is 10.9 Å². The third-order valence-corrected chi connectivity index (χ3v) is 4.10. The molecule has 0 aliphatic carbocycles. The normalized spacial score (nSPS) is 23.3. The molecule has 1 aromatic carbocycles. The zero-order valence-corrected chi connectivity index (χ0v) is 11.3. The largest absolute Gasteiger partial charge is 0.396 e. The van der Waals surface area contributed by atoms with E-state index >= 15 is 0 Å². The van der Waals surface area contributed by atoms with Gasteiger partial charge in [0.25, 0.3) is 0 Å². The van der Waals surface area contributed by atoms with Crippen LogP contribution in [0, 0.1) is 5.41 Å². The van der Waals surface area contributed by atoms with Crippen LogP contribution in [0.15, 0.2) is 24.3 Å². The Morgan fingerprint density at radius 3 is 2.95 bits per heavy atom. The van der Waals surface area contributed by atoms with Gasteiger partial charge in [0.15, 0.2) is 0 Å². The van der Waals surface area contributed by atoms with Gasteiger partial charge in [0.2, 0.25) is 0 Å². The minimum Gasteiger partial charge on any atom is -0.396 e. The van der Waals surface area contributed by atoms with Crippen LogP contribution in [0.1, 0.15) is 19.0 Å². The monoisotopic (exact) mass is 260 g/mol. The average Bonchev–Trinajstić information content (AvgIpc) is 3.05. The lowest BCUT2D eigenvalue weighted by Gasteiger charge is -2.23. The fourth-order valence-electron chi connectivity index (χ4n) is 2.89. The van der Waals surface area contributed by atoms with Crippen LogP contribution in [-0.4, -0.2) is 34.7 Å². The zero-order chi connectivity index (χ0) is 13.3. The second-order valence-electron chi connectivity index (χ2n) is 5.42. The van der Waals surface area contributed by atoms with Crippen LogP contribution in [0.3, 0.4) is 0 Å². The molecule has 19 heavy (non-hydrogen) atoms. The van der Waals surface area contributed by atoms with Gasteiger partial charge in [0.1, 0.15) is 0 Å². The third-order valence-electron chi connectivity index (χ3n) is 4.10. The summed E-state index contributed by atoms with van der Waals surface area (Å²) in [6.45, 7) is 4.51. The minimum atomic E-state index is -0.143.